The Kier molecular flexibility index (Phi) is 6.76. The molecule has 0 saturated heterocycles. The van der Waals surface area contributed by atoms with E-state index in [-0.39, 0.29) is 17.7 Å². The van der Waals surface area contributed by atoms with E-state index in [0.29, 0.717) is 37.1 Å². The molecule has 0 saturated carbocycles. The summed E-state index contributed by atoms with van der Waals surface area (Å²) in [7, 11) is 1.51. The molecule has 174 valence electrons. The molecule has 0 fully saturated rings. The first kappa shape index (κ1) is 23.6. The average Bonchev–Trinajstić information content (AvgIpc) is 3.24. The molecule has 1 amide bonds. The number of ether oxygens (including phenoxy) is 1. The molecule has 2 aromatic heterocycles. The minimum Gasteiger partial charge on any atom is -0.448 e. The van der Waals surface area contributed by atoms with Gasteiger partial charge in [-0.2, -0.15) is 0 Å². The Morgan fingerprint density at radius 1 is 1.12 bits per heavy atom. The molecule has 0 aliphatic carbocycles. The van der Waals surface area contributed by atoms with Gasteiger partial charge in [-0.15, -0.1) is 10.2 Å². The second-order valence-electron chi connectivity index (χ2n) is 7.56. The number of fused-ring (bicyclic) bond motifs is 1. The summed E-state index contributed by atoms with van der Waals surface area (Å²) in [5.74, 6) is -1.31. The molecule has 0 bridgehead atoms. The van der Waals surface area contributed by atoms with Gasteiger partial charge in [-0.05, 0) is 42.5 Å². The lowest BCUT2D eigenvalue weighted by Gasteiger charge is -2.20. The second kappa shape index (κ2) is 9.74. The summed E-state index contributed by atoms with van der Waals surface area (Å²) < 4.78 is 6.87. The number of hydrogen-bond donors (Lipinski definition) is 1. The van der Waals surface area contributed by atoms with Crippen LogP contribution in [0.2, 0.25) is 5.02 Å². The third-order valence-electron chi connectivity index (χ3n) is 5.30. The molecule has 34 heavy (non-hydrogen) atoms. The van der Waals surface area contributed by atoms with Gasteiger partial charge in [-0.3, -0.25) is 14.9 Å². The second-order valence-corrected chi connectivity index (χ2v) is 9.18. The van der Waals surface area contributed by atoms with E-state index < -0.39 is 18.0 Å². The van der Waals surface area contributed by atoms with Crippen LogP contribution in [0.5, 0.6) is 0 Å². The van der Waals surface area contributed by atoms with Gasteiger partial charge >= 0.3 is 5.97 Å². The van der Waals surface area contributed by atoms with Crippen LogP contribution in [0, 0.1) is 6.92 Å². The highest BCUT2D eigenvalue weighted by Gasteiger charge is 2.28. The Balaban J connectivity index is 1.78. The summed E-state index contributed by atoms with van der Waals surface area (Å²) in [6, 6.07) is 14.0. The Labute approximate surface area is 204 Å². The van der Waals surface area contributed by atoms with Crippen molar-refractivity contribution in [3.05, 3.63) is 74.6 Å². The lowest BCUT2D eigenvalue weighted by atomic mass is 9.96. The van der Waals surface area contributed by atoms with Crippen molar-refractivity contribution in [2.75, 3.05) is 5.32 Å². The number of anilines is 1. The predicted molar refractivity (Wildman–Crippen MR) is 132 cm³/mol. The number of aromatic nitrogens is 3. The topological polar surface area (TPSA) is 103 Å². The Morgan fingerprint density at radius 3 is 2.41 bits per heavy atom. The zero-order valence-electron chi connectivity index (χ0n) is 18.7. The van der Waals surface area contributed by atoms with Crippen LogP contribution in [0.15, 0.2) is 53.3 Å². The number of amides is 1. The highest BCUT2D eigenvalue weighted by atomic mass is 35.5. The normalized spacial score (nSPS) is 11.9. The number of carbonyl (C=O) groups is 2. The summed E-state index contributed by atoms with van der Waals surface area (Å²) >= 11 is 7.28. The summed E-state index contributed by atoms with van der Waals surface area (Å²) in [5.41, 5.74) is 0.908. The van der Waals surface area contributed by atoms with Gasteiger partial charge in [0, 0.05) is 23.0 Å². The number of aryl methyl sites for hydroxylation is 1. The summed E-state index contributed by atoms with van der Waals surface area (Å²) in [4.78, 5) is 39.2. The number of halogens is 1. The van der Waals surface area contributed by atoms with Gasteiger partial charge in [0.1, 0.15) is 10.7 Å². The first-order valence-corrected chi connectivity index (χ1v) is 11.7. The van der Waals surface area contributed by atoms with Gasteiger partial charge in [-0.1, -0.05) is 60.2 Å². The smallest absolute Gasteiger partial charge is 0.356 e. The number of nitrogens with zero attached hydrogens (tertiary/aromatic N) is 3. The van der Waals surface area contributed by atoms with Crippen molar-refractivity contribution >= 4 is 50.7 Å². The van der Waals surface area contributed by atoms with Crippen LogP contribution in [-0.4, -0.2) is 32.7 Å². The maximum Gasteiger partial charge on any atom is 0.356 e. The molecule has 1 unspecified atom stereocenters. The number of esters is 1. The molecule has 2 heterocycles. The van der Waals surface area contributed by atoms with Gasteiger partial charge in [0.2, 0.25) is 5.13 Å². The zero-order chi connectivity index (χ0) is 24.4. The van der Waals surface area contributed by atoms with Crippen molar-refractivity contribution in [1.29, 1.82) is 0 Å². The Hall–Kier alpha value is -3.56. The molecular formula is C24H21ClN4O4S. The van der Waals surface area contributed by atoms with E-state index in [1.54, 1.807) is 62.4 Å². The van der Waals surface area contributed by atoms with E-state index >= 15 is 0 Å². The first-order valence-electron chi connectivity index (χ1n) is 10.5. The maximum atomic E-state index is 13.4. The molecule has 1 atom stereocenters. The number of rotatable bonds is 6. The lowest BCUT2D eigenvalue weighted by Crippen LogP contribution is -2.34. The van der Waals surface area contributed by atoms with Crippen molar-refractivity contribution in [3.8, 4) is 11.1 Å². The third kappa shape index (κ3) is 4.57. The minimum atomic E-state index is -1.09. The number of hydrogen-bond acceptors (Lipinski definition) is 7. The Morgan fingerprint density at radius 2 is 1.79 bits per heavy atom. The molecule has 4 aromatic rings. The SMILES string of the molecule is CCC(OC(=O)c1c(-c2ccc(Cl)cc2)c2ccccc2c(=O)n1C)C(=O)Nc1nnc(C)s1. The molecule has 1 N–H and O–H groups in total. The minimum absolute atomic E-state index is 0.0454. The van der Waals surface area contributed by atoms with Gasteiger partial charge in [0.15, 0.2) is 6.10 Å². The van der Waals surface area contributed by atoms with Crippen LogP contribution in [-0.2, 0) is 16.6 Å². The Bertz CT molecular complexity index is 1450. The van der Waals surface area contributed by atoms with Crippen molar-refractivity contribution in [2.24, 2.45) is 7.05 Å². The van der Waals surface area contributed by atoms with Gasteiger partial charge in [-0.25, -0.2) is 4.79 Å². The van der Waals surface area contributed by atoms with Crippen LogP contribution >= 0.6 is 22.9 Å². The lowest BCUT2D eigenvalue weighted by molar-refractivity contribution is -0.124. The summed E-state index contributed by atoms with van der Waals surface area (Å²) in [6.45, 7) is 3.49. The van der Waals surface area contributed by atoms with Gasteiger partial charge < -0.3 is 9.30 Å². The zero-order valence-corrected chi connectivity index (χ0v) is 20.2. The van der Waals surface area contributed by atoms with Crippen LogP contribution in [0.1, 0.15) is 28.8 Å². The standard InChI is InChI=1S/C24H21ClN4O4S/c1-4-18(21(30)26-24-28-27-13(2)34-24)33-23(32)20-19(14-9-11-15(25)12-10-14)16-7-5-6-8-17(16)22(31)29(20)3/h5-12,18H,4H2,1-3H3,(H,26,28,30). The van der Waals surface area contributed by atoms with Crippen molar-refractivity contribution in [2.45, 2.75) is 26.4 Å². The van der Waals surface area contributed by atoms with E-state index in [1.807, 2.05) is 0 Å². The molecule has 4 rings (SSSR count). The molecule has 2 aromatic carbocycles. The molecule has 0 aliphatic heterocycles. The van der Waals surface area contributed by atoms with Gasteiger partial charge in [0.25, 0.3) is 11.5 Å². The fraction of sp³-hybridized carbons (Fsp3) is 0.208. The molecule has 0 aliphatic rings. The van der Waals surface area contributed by atoms with Crippen molar-refractivity contribution < 1.29 is 14.3 Å². The highest BCUT2D eigenvalue weighted by Crippen LogP contribution is 2.32. The van der Waals surface area contributed by atoms with E-state index in [1.165, 1.54) is 23.0 Å². The fourth-order valence-corrected chi connectivity index (χ4v) is 4.37. The number of carbonyl (C=O) groups excluding carboxylic acids is 2. The maximum absolute atomic E-state index is 13.4. The number of benzene rings is 2. The molecule has 10 heteroatoms. The van der Waals surface area contributed by atoms with Crippen LogP contribution in [0.3, 0.4) is 0 Å². The average molecular weight is 497 g/mol. The third-order valence-corrected chi connectivity index (χ3v) is 6.30. The van der Waals surface area contributed by atoms with E-state index in [0.717, 1.165) is 0 Å². The number of pyridine rings is 1. The van der Waals surface area contributed by atoms with Crippen molar-refractivity contribution in [3.63, 3.8) is 0 Å². The van der Waals surface area contributed by atoms with Crippen LogP contribution in [0.4, 0.5) is 5.13 Å². The first-order chi connectivity index (χ1) is 16.3. The van der Waals surface area contributed by atoms with Crippen LogP contribution < -0.4 is 10.9 Å². The molecule has 0 spiro atoms. The van der Waals surface area contributed by atoms with E-state index in [4.69, 9.17) is 16.3 Å². The van der Waals surface area contributed by atoms with Gasteiger partial charge in [0.05, 0.1) is 0 Å². The summed E-state index contributed by atoms with van der Waals surface area (Å²) in [5, 5.41) is 13.0. The predicted octanol–water partition coefficient (Wildman–Crippen LogP) is 4.59. The largest absolute Gasteiger partial charge is 0.448 e. The molecule has 8 nitrogen and oxygen atoms in total. The fourth-order valence-electron chi connectivity index (χ4n) is 3.65. The number of nitrogens with one attached hydrogen (secondary N) is 1. The molecule has 0 radical (unpaired) electrons. The van der Waals surface area contributed by atoms with Crippen molar-refractivity contribution in [1.82, 2.24) is 14.8 Å². The van der Waals surface area contributed by atoms with E-state index in [2.05, 4.69) is 15.5 Å². The van der Waals surface area contributed by atoms with E-state index in [9.17, 15) is 14.4 Å². The molecular weight excluding hydrogens is 476 g/mol. The quantitative estimate of drug-likeness (QED) is 0.391. The monoisotopic (exact) mass is 496 g/mol. The summed E-state index contributed by atoms with van der Waals surface area (Å²) in [6.07, 6.45) is -0.857. The highest BCUT2D eigenvalue weighted by molar-refractivity contribution is 7.15. The van der Waals surface area contributed by atoms with Crippen LogP contribution in [0.25, 0.3) is 21.9 Å².